The van der Waals surface area contributed by atoms with Crippen LogP contribution in [-0.2, 0) is 4.79 Å². The van der Waals surface area contributed by atoms with Crippen molar-refractivity contribution in [2.24, 2.45) is 0 Å². The van der Waals surface area contributed by atoms with Crippen molar-refractivity contribution in [3.63, 3.8) is 0 Å². The standard InChI is InChI=1S/C23H24N6O2S/c1-15-22(16(2)29(27-15)19-8-6-5-7-9-19)24-21(30)14-32-23-26-25-17(3)28(23)18-10-12-20(31-4)13-11-18/h5-13H,14H2,1-4H3,(H,24,30). The summed E-state index contributed by atoms with van der Waals surface area (Å²) in [5.74, 6) is 1.59. The molecular formula is C23H24N6O2S. The molecule has 0 aliphatic rings. The highest BCUT2D eigenvalue weighted by Gasteiger charge is 2.17. The Hall–Kier alpha value is -3.59. The Morgan fingerprint density at radius 1 is 1.00 bits per heavy atom. The molecule has 32 heavy (non-hydrogen) atoms. The van der Waals surface area contributed by atoms with E-state index in [1.54, 1.807) is 7.11 Å². The first-order valence-corrected chi connectivity index (χ1v) is 11.1. The van der Waals surface area contributed by atoms with Gasteiger partial charge >= 0.3 is 0 Å². The molecule has 0 saturated heterocycles. The molecule has 0 spiro atoms. The number of methoxy groups -OCH3 is 1. The number of nitrogens with zero attached hydrogens (tertiary/aromatic N) is 5. The van der Waals surface area contributed by atoms with E-state index >= 15 is 0 Å². The third-order valence-corrected chi connectivity index (χ3v) is 5.94. The largest absolute Gasteiger partial charge is 0.497 e. The SMILES string of the molecule is COc1ccc(-n2c(C)nnc2SCC(=O)Nc2c(C)nn(-c3ccccc3)c2C)cc1. The molecule has 9 heteroatoms. The molecule has 1 amide bonds. The zero-order chi connectivity index (χ0) is 22.7. The quantitative estimate of drug-likeness (QED) is 0.428. The zero-order valence-electron chi connectivity index (χ0n) is 18.4. The summed E-state index contributed by atoms with van der Waals surface area (Å²) < 4.78 is 8.98. The number of carbonyl (C=O) groups is 1. The van der Waals surface area contributed by atoms with Crippen LogP contribution in [0.15, 0.2) is 59.8 Å². The summed E-state index contributed by atoms with van der Waals surface area (Å²) in [5.41, 5.74) is 4.23. The summed E-state index contributed by atoms with van der Waals surface area (Å²) in [6.45, 7) is 5.71. The van der Waals surface area contributed by atoms with Gasteiger partial charge in [0.15, 0.2) is 5.16 Å². The lowest BCUT2D eigenvalue weighted by atomic mass is 10.3. The normalized spacial score (nSPS) is 10.9. The lowest BCUT2D eigenvalue weighted by Gasteiger charge is -2.10. The van der Waals surface area contributed by atoms with Crippen molar-refractivity contribution in [1.82, 2.24) is 24.5 Å². The van der Waals surface area contributed by atoms with Gasteiger partial charge < -0.3 is 10.1 Å². The van der Waals surface area contributed by atoms with Crippen LogP contribution in [0.4, 0.5) is 5.69 Å². The fourth-order valence-electron chi connectivity index (χ4n) is 3.41. The van der Waals surface area contributed by atoms with Gasteiger partial charge in [0.1, 0.15) is 11.6 Å². The van der Waals surface area contributed by atoms with E-state index in [-0.39, 0.29) is 11.7 Å². The Labute approximate surface area is 190 Å². The average molecular weight is 449 g/mol. The van der Waals surface area contributed by atoms with E-state index in [0.29, 0.717) is 5.16 Å². The van der Waals surface area contributed by atoms with E-state index in [4.69, 9.17) is 4.74 Å². The van der Waals surface area contributed by atoms with Crippen LogP contribution in [0.3, 0.4) is 0 Å². The predicted molar refractivity (Wildman–Crippen MR) is 125 cm³/mol. The molecule has 0 saturated carbocycles. The van der Waals surface area contributed by atoms with Crippen LogP contribution in [-0.4, -0.2) is 43.3 Å². The minimum Gasteiger partial charge on any atom is -0.497 e. The van der Waals surface area contributed by atoms with Crippen LogP contribution in [0.2, 0.25) is 0 Å². The van der Waals surface area contributed by atoms with Crippen molar-refractivity contribution >= 4 is 23.4 Å². The van der Waals surface area contributed by atoms with Crippen LogP contribution >= 0.6 is 11.8 Å². The van der Waals surface area contributed by atoms with Crippen molar-refractivity contribution in [3.05, 3.63) is 71.8 Å². The number of aryl methyl sites for hydroxylation is 2. The second-order valence-corrected chi connectivity index (χ2v) is 8.14. The summed E-state index contributed by atoms with van der Waals surface area (Å²) >= 11 is 1.33. The zero-order valence-corrected chi connectivity index (χ0v) is 19.2. The molecule has 0 unspecified atom stereocenters. The smallest absolute Gasteiger partial charge is 0.234 e. The van der Waals surface area contributed by atoms with Gasteiger partial charge in [-0.25, -0.2) is 4.68 Å². The van der Waals surface area contributed by atoms with Gasteiger partial charge in [-0.2, -0.15) is 5.10 Å². The maximum atomic E-state index is 12.7. The number of rotatable bonds is 7. The van der Waals surface area contributed by atoms with Gasteiger partial charge in [-0.3, -0.25) is 9.36 Å². The van der Waals surface area contributed by atoms with Crippen molar-refractivity contribution in [1.29, 1.82) is 0 Å². The van der Waals surface area contributed by atoms with Crippen molar-refractivity contribution < 1.29 is 9.53 Å². The van der Waals surface area contributed by atoms with E-state index in [2.05, 4.69) is 20.6 Å². The number of aromatic nitrogens is 5. The van der Waals surface area contributed by atoms with Crippen LogP contribution < -0.4 is 10.1 Å². The van der Waals surface area contributed by atoms with Gasteiger partial charge in [0, 0.05) is 5.69 Å². The van der Waals surface area contributed by atoms with Gasteiger partial charge in [0.25, 0.3) is 0 Å². The molecule has 8 nitrogen and oxygen atoms in total. The molecule has 1 N–H and O–H groups in total. The lowest BCUT2D eigenvalue weighted by Crippen LogP contribution is -2.15. The first-order chi connectivity index (χ1) is 15.5. The third-order valence-electron chi connectivity index (χ3n) is 5.01. The van der Waals surface area contributed by atoms with E-state index in [0.717, 1.165) is 40.0 Å². The second-order valence-electron chi connectivity index (χ2n) is 7.19. The number of hydrogen-bond donors (Lipinski definition) is 1. The number of anilines is 1. The molecule has 4 aromatic rings. The minimum atomic E-state index is -0.129. The van der Waals surface area contributed by atoms with E-state index < -0.39 is 0 Å². The fourth-order valence-corrected chi connectivity index (χ4v) is 4.21. The van der Waals surface area contributed by atoms with Crippen molar-refractivity contribution in [3.8, 4) is 17.1 Å². The molecule has 0 aliphatic heterocycles. The molecule has 4 rings (SSSR count). The number of para-hydroxylation sites is 1. The Bertz CT molecular complexity index is 1230. The Morgan fingerprint density at radius 2 is 1.72 bits per heavy atom. The number of amides is 1. The molecule has 0 atom stereocenters. The first kappa shape index (κ1) is 21.6. The Balaban J connectivity index is 1.47. The van der Waals surface area contributed by atoms with Gasteiger partial charge in [-0.1, -0.05) is 30.0 Å². The molecule has 0 bridgehead atoms. The number of carbonyl (C=O) groups excluding carboxylic acids is 1. The maximum absolute atomic E-state index is 12.7. The maximum Gasteiger partial charge on any atom is 0.234 e. The van der Waals surface area contributed by atoms with Gasteiger partial charge in [-0.05, 0) is 57.2 Å². The number of ether oxygens (including phenoxy) is 1. The summed E-state index contributed by atoms with van der Waals surface area (Å²) in [4.78, 5) is 12.7. The van der Waals surface area contributed by atoms with Crippen LogP contribution in [0.5, 0.6) is 5.75 Å². The summed E-state index contributed by atoms with van der Waals surface area (Å²) in [5, 5.41) is 16.7. The molecule has 2 heterocycles. The highest BCUT2D eigenvalue weighted by molar-refractivity contribution is 7.99. The Morgan fingerprint density at radius 3 is 2.41 bits per heavy atom. The molecule has 0 radical (unpaired) electrons. The Kier molecular flexibility index (Phi) is 6.27. The first-order valence-electron chi connectivity index (χ1n) is 10.1. The summed E-state index contributed by atoms with van der Waals surface area (Å²) in [7, 11) is 1.63. The number of nitrogens with one attached hydrogen (secondary N) is 1. The predicted octanol–water partition coefficient (Wildman–Crippen LogP) is 4.12. The van der Waals surface area contributed by atoms with Crippen LogP contribution in [0.25, 0.3) is 11.4 Å². The topological polar surface area (TPSA) is 86.9 Å². The highest BCUT2D eigenvalue weighted by Crippen LogP contribution is 2.25. The van der Waals surface area contributed by atoms with Crippen molar-refractivity contribution in [2.45, 2.75) is 25.9 Å². The molecule has 0 fully saturated rings. The fraction of sp³-hybridized carbons (Fsp3) is 0.217. The molecule has 2 aromatic carbocycles. The second kappa shape index (κ2) is 9.27. The third kappa shape index (κ3) is 4.38. The number of thioether (sulfide) groups is 1. The van der Waals surface area contributed by atoms with Crippen LogP contribution in [0, 0.1) is 20.8 Å². The van der Waals surface area contributed by atoms with E-state index in [1.807, 2.05) is 84.6 Å². The average Bonchev–Trinajstić information content (AvgIpc) is 3.32. The minimum absolute atomic E-state index is 0.129. The van der Waals surface area contributed by atoms with Gasteiger partial charge in [-0.15, -0.1) is 10.2 Å². The number of benzene rings is 2. The van der Waals surface area contributed by atoms with E-state index in [9.17, 15) is 4.79 Å². The molecule has 2 aromatic heterocycles. The van der Waals surface area contributed by atoms with Gasteiger partial charge in [0.2, 0.25) is 5.91 Å². The monoisotopic (exact) mass is 448 g/mol. The summed E-state index contributed by atoms with van der Waals surface area (Å²) in [6.07, 6.45) is 0. The lowest BCUT2D eigenvalue weighted by molar-refractivity contribution is -0.113. The molecule has 0 aliphatic carbocycles. The van der Waals surface area contributed by atoms with Crippen LogP contribution in [0.1, 0.15) is 17.2 Å². The number of hydrogen-bond acceptors (Lipinski definition) is 6. The van der Waals surface area contributed by atoms with Gasteiger partial charge in [0.05, 0.1) is 35.6 Å². The summed E-state index contributed by atoms with van der Waals surface area (Å²) in [6, 6.07) is 17.5. The van der Waals surface area contributed by atoms with E-state index in [1.165, 1.54) is 11.8 Å². The molecule has 164 valence electrons. The van der Waals surface area contributed by atoms with Crippen molar-refractivity contribution in [2.75, 3.05) is 18.2 Å². The molecular weight excluding hydrogens is 424 g/mol. The highest BCUT2D eigenvalue weighted by atomic mass is 32.2.